The Morgan fingerprint density at radius 2 is 2.08 bits per heavy atom. The number of likely N-dealkylation sites (tertiary alicyclic amines) is 1. The van der Waals surface area contributed by atoms with Crippen molar-refractivity contribution in [1.82, 2.24) is 24.8 Å². The first-order valence-corrected chi connectivity index (χ1v) is 8.50. The molecule has 126 valence electrons. The van der Waals surface area contributed by atoms with Crippen LogP contribution in [0.5, 0.6) is 0 Å². The first-order valence-electron chi connectivity index (χ1n) is 8.50. The van der Waals surface area contributed by atoms with Crippen LogP contribution in [0.25, 0.3) is 5.65 Å². The largest absolute Gasteiger partial charge is 0.352 e. The van der Waals surface area contributed by atoms with E-state index in [1.54, 1.807) is 13.0 Å². The van der Waals surface area contributed by atoms with Gasteiger partial charge in [0, 0.05) is 38.7 Å². The zero-order valence-corrected chi connectivity index (χ0v) is 13.7. The molecule has 1 saturated heterocycles. The molecule has 1 saturated carbocycles. The fourth-order valence-corrected chi connectivity index (χ4v) is 3.24. The molecule has 4 rings (SSSR count). The van der Waals surface area contributed by atoms with Crippen LogP contribution in [-0.4, -0.2) is 50.9 Å². The zero-order chi connectivity index (χ0) is 16.7. The number of rotatable bonds is 4. The number of fused-ring (bicyclic) bond motifs is 1. The molecule has 2 amide bonds. The van der Waals surface area contributed by atoms with Crippen LogP contribution in [0.2, 0.25) is 0 Å². The van der Waals surface area contributed by atoms with Crippen molar-refractivity contribution < 1.29 is 9.59 Å². The van der Waals surface area contributed by atoms with Gasteiger partial charge in [0.1, 0.15) is 5.82 Å². The number of pyridine rings is 1. The third-order valence-corrected chi connectivity index (χ3v) is 4.94. The van der Waals surface area contributed by atoms with E-state index in [0.717, 1.165) is 31.0 Å². The van der Waals surface area contributed by atoms with Crippen LogP contribution in [0.3, 0.4) is 0 Å². The lowest BCUT2D eigenvalue weighted by Crippen LogP contribution is -2.26. The van der Waals surface area contributed by atoms with Crippen molar-refractivity contribution in [3.63, 3.8) is 0 Å². The van der Waals surface area contributed by atoms with Gasteiger partial charge < -0.3 is 10.2 Å². The second kappa shape index (κ2) is 5.89. The second-order valence-electron chi connectivity index (χ2n) is 6.81. The molecule has 1 aliphatic heterocycles. The number of aromatic nitrogens is 3. The molecule has 2 aromatic heterocycles. The van der Waals surface area contributed by atoms with E-state index in [2.05, 4.69) is 15.5 Å². The first-order chi connectivity index (χ1) is 11.6. The number of hydrogen-bond acceptors (Lipinski definition) is 4. The lowest BCUT2D eigenvalue weighted by Gasteiger charge is -2.13. The van der Waals surface area contributed by atoms with E-state index in [9.17, 15) is 9.59 Å². The van der Waals surface area contributed by atoms with Gasteiger partial charge in [-0.15, -0.1) is 10.2 Å². The van der Waals surface area contributed by atoms with Crippen molar-refractivity contribution in [3.05, 3.63) is 29.7 Å². The fourth-order valence-electron chi connectivity index (χ4n) is 3.24. The van der Waals surface area contributed by atoms with Gasteiger partial charge in [-0.25, -0.2) is 0 Å². The Hall–Kier alpha value is -2.44. The van der Waals surface area contributed by atoms with Crippen molar-refractivity contribution in [2.45, 2.75) is 32.1 Å². The van der Waals surface area contributed by atoms with E-state index in [1.165, 1.54) is 12.8 Å². The number of carbonyl (C=O) groups excluding carboxylic acids is 2. The maximum atomic E-state index is 12.3. The highest BCUT2D eigenvalue weighted by molar-refractivity contribution is 5.94. The minimum Gasteiger partial charge on any atom is -0.352 e. The molecule has 1 N–H and O–H groups in total. The van der Waals surface area contributed by atoms with Gasteiger partial charge in [-0.1, -0.05) is 0 Å². The quantitative estimate of drug-likeness (QED) is 0.915. The van der Waals surface area contributed by atoms with Crippen molar-refractivity contribution in [2.75, 3.05) is 19.6 Å². The Labute approximate surface area is 140 Å². The second-order valence-corrected chi connectivity index (χ2v) is 6.81. The molecule has 0 aromatic carbocycles. The smallest absolute Gasteiger partial charge is 0.252 e. The maximum absolute atomic E-state index is 12.3. The average molecular weight is 327 g/mol. The van der Waals surface area contributed by atoms with Gasteiger partial charge in [-0.3, -0.25) is 14.0 Å². The number of carbonyl (C=O) groups is 2. The van der Waals surface area contributed by atoms with E-state index in [-0.39, 0.29) is 17.7 Å². The normalized spacial score (nSPS) is 20.5. The topological polar surface area (TPSA) is 79.6 Å². The Bertz CT molecular complexity index is 795. The lowest BCUT2D eigenvalue weighted by atomic mass is 10.1. The highest BCUT2D eigenvalue weighted by atomic mass is 16.2. The van der Waals surface area contributed by atoms with Crippen LogP contribution >= 0.6 is 0 Å². The van der Waals surface area contributed by atoms with E-state index in [0.29, 0.717) is 18.0 Å². The summed E-state index contributed by atoms with van der Waals surface area (Å²) in [6.07, 6.45) is 5.11. The van der Waals surface area contributed by atoms with Gasteiger partial charge in [-0.05, 0) is 37.3 Å². The molecule has 0 bridgehead atoms. The summed E-state index contributed by atoms with van der Waals surface area (Å²) in [6.45, 7) is 3.75. The molecular formula is C17H21N5O2. The van der Waals surface area contributed by atoms with Crippen LogP contribution in [-0.2, 0) is 4.79 Å². The molecule has 0 spiro atoms. The Morgan fingerprint density at radius 1 is 1.25 bits per heavy atom. The molecule has 3 heterocycles. The Kier molecular flexibility index (Phi) is 3.70. The number of nitrogens with one attached hydrogen (secondary N) is 1. The predicted molar refractivity (Wildman–Crippen MR) is 87.7 cm³/mol. The third-order valence-electron chi connectivity index (χ3n) is 4.94. The first kappa shape index (κ1) is 15.1. The lowest BCUT2D eigenvalue weighted by molar-refractivity contribution is -0.127. The van der Waals surface area contributed by atoms with E-state index >= 15 is 0 Å². The Balaban J connectivity index is 1.56. The molecule has 2 aliphatic rings. The van der Waals surface area contributed by atoms with Gasteiger partial charge in [0.25, 0.3) is 5.91 Å². The highest BCUT2D eigenvalue weighted by Crippen LogP contribution is 2.28. The average Bonchev–Trinajstić information content (AvgIpc) is 3.10. The molecule has 0 radical (unpaired) electrons. The highest BCUT2D eigenvalue weighted by Gasteiger charge is 2.29. The SMILES string of the molecule is CC(=O)N1CCC(c2nnc3ccc(C(=O)NCC4CC4)cn23)C1. The number of amides is 2. The van der Waals surface area contributed by atoms with Crippen LogP contribution in [0.1, 0.15) is 48.3 Å². The predicted octanol–water partition coefficient (Wildman–Crippen LogP) is 1.20. The molecule has 2 aromatic rings. The summed E-state index contributed by atoms with van der Waals surface area (Å²) in [4.78, 5) is 25.7. The van der Waals surface area contributed by atoms with E-state index < -0.39 is 0 Å². The summed E-state index contributed by atoms with van der Waals surface area (Å²) in [5, 5.41) is 11.5. The van der Waals surface area contributed by atoms with Crippen LogP contribution in [0.15, 0.2) is 18.3 Å². The summed E-state index contributed by atoms with van der Waals surface area (Å²) in [5.74, 6) is 1.67. The van der Waals surface area contributed by atoms with Gasteiger partial charge in [-0.2, -0.15) is 0 Å². The monoisotopic (exact) mass is 327 g/mol. The van der Waals surface area contributed by atoms with Crippen LogP contribution < -0.4 is 5.32 Å². The Morgan fingerprint density at radius 3 is 2.79 bits per heavy atom. The van der Waals surface area contributed by atoms with Gasteiger partial charge in [0.15, 0.2) is 5.65 Å². The molecule has 7 heteroatoms. The summed E-state index contributed by atoms with van der Waals surface area (Å²) in [5.41, 5.74) is 1.34. The standard InChI is InChI=1S/C17H21N5O2/c1-11(23)21-7-6-13(9-21)16-20-19-15-5-4-14(10-22(15)16)17(24)18-8-12-2-3-12/h4-5,10,12-13H,2-3,6-9H2,1H3,(H,18,24). The molecule has 2 fully saturated rings. The summed E-state index contributed by atoms with van der Waals surface area (Å²) in [7, 11) is 0. The van der Waals surface area contributed by atoms with Crippen molar-refractivity contribution in [2.24, 2.45) is 5.92 Å². The fraction of sp³-hybridized carbons (Fsp3) is 0.529. The molecule has 1 aliphatic carbocycles. The van der Waals surface area contributed by atoms with Gasteiger partial charge in [0.2, 0.25) is 5.91 Å². The van der Waals surface area contributed by atoms with Crippen LogP contribution in [0.4, 0.5) is 0 Å². The van der Waals surface area contributed by atoms with E-state index in [1.807, 2.05) is 21.6 Å². The van der Waals surface area contributed by atoms with Crippen molar-refractivity contribution in [1.29, 1.82) is 0 Å². The molecular weight excluding hydrogens is 306 g/mol. The minimum atomic E-state index is -0.0553. The summed E-state index contributed by atoms with van der Waals surface area (Å²) < 4.78 is 1.89. The maximum Gasteiger partial charge on any atom is 0.252 e. The summed E-state index contributed by atoms with van der Waals surface area (Å²) >= 11 is 0. The molecule has 7 nitrogen and oxygen atoms in total. The molecule has 1 atom stereocenters. The third kappa shape index (κ3) is 2.86. The minimum absolute atomic E-state index is 0.0553. The van der Waals surface area contributed by atoms with Gasteiger partial charge in [0.05, 0.1) is 5.56 Å². The zero-order valence-electron chi connectivity index (χ0n) is 13.7. The molecule has 1 unspecified atom stereocenters. The van der Waals surface area contributed by atoms with Crippen LogP contribution in [0, 0.1) is 5.92 Å². The van der Waals surface area contributed by atoms with E-state index in [4.69, 9.17) is 0 Å². The number of hydrogen-bond donors (Lipinski definition) is 1. The van der Waals surface area contributed by atoms with Crippen molar-refractivity contribution >= 4 is 17.5 Å². The summed E-state index contributed by atoms with van der Waals surface area (Å²) in [6, 6.07) is 3.60. The molecule has 24 heavy (non-hydrogen) atoms. The van der Waals surface area contributed by atoms with Crippen molar-refractivity contribution in [3.8, 4) is 0 Å². The number of nitrogens with zero attached hydrogens (tertiary/aromatic N) is 4. The van der Waals surface area contributed by atoms with Gasteiger partial charge >= 0.3 is 0 Å².